The van der Waals surface area contributed by atoms with Gasteiger partial charge in [-0.25, -0.2) is 0 Å². The minimum atomic E-state index is 0.337. The topological polar surface area (TPSA) is 0 Å². The zero-order chi connectivity index (χ0) is 18.6. The van der Waals surface area contributed by atoms with Crippen LogP contribution in [0.1, 0.15) is 49.3 Å². The maximum Gasteiger partial charge on any atom is 0.0317 e. The van der Waals surface area contributed by atoms with E-state index in [2.05, 4.69) is 105 Å². The lowest BCUT2D eigenvalue weighted by atomic mass is 9.82. The average molecular weight is 351 g/mol. The Morgan fingerprint density at radius 2 is 1.11 bits per heavy atom. The van der Waals surface area contributed by atoms with E-state index in [0.29, 0.717) is 5.92 Å². The highest BCUT2D eigenvalue weighted by Crippen LogP contribution is 2.53. The maximum absolute atomic E-state index is 2.30. The van der Waals surface area contributed by atoms with Crippen molar-refractivity contribution in [3.05, 3.63) is 119 Å². The molecule has 0 aromatic heterocycles. The standard InChI is InChI=1S/C27H26/c1-3-23-24(4-2)26(21-16-10-6-11-17-21)27(22-18-12-7-13-19-22)25(23)20-14-8-5-9-15-20/h5-19,25H,3-4H2,1-2H3. The van der Waals surface area contributed by atoms with E-state index in [9.17, 15) is 0 Å². The molecule has 134 valence electrons. The molecule has 1 unspecified atom stereocenters. The number of rotatable bonds is 5. The van der Waals surface area contributed by atoms with E-state index >= 15 is 0 Å². The molecule has 1 aliphatic carbocycles. The molecule has 4 rings (SSSR count). The molecule has 3 aromatic carbocycles. The van der Waals surface area contributed by atoms with Gasteiger partial charge >= 0.3 is 0 Å². The Morgan fingerprint density at radius 3 is 1.63 bits per heavy atom. The summed E-state index contributed by atoms with van der Waals surface area (Å²) in [5.41, 5.74) is 10.1. The molecule has 1 atom stereocenters. The molecule has 0 N–H and O–H groups in total. The highest BCUT2D eigenvalue weighted by Gasteiger charge is 2.34. The van der Waals surface area contributed by atoms with Crippen LogP contribution >= 0.6 is 0 Å². The Morgan fingerprint density at radius 1 is 0.593 bits per heavy atom. The predicted molar refractivity (Wildman–Crippen MR) is 116 cm³/mol. The molecular formula is C27H26. The minimum Gasteiger partial charge on any atom is -0.0622 e. The van der Waals surface area contributed by atoms with Crippen molar-refractivity contribution in [3.8, 4) is 0 Å². The zero-order valence-corrected chi connectivity index (χ0v) is 16.2. The van der Waals surface area contributed by atoms with Crippen LogP contribution in [0.3, 0.4) is 0 Å². The molecule has 27 heavy (non-hydrogen) atoms. The van der Waals surface area contributed by atoms with Crippen molar-refractivity contribution < 1.29 is 0 Å². The van der Waals surface area contributed by atoms with Gasteiger partial charge in [-0.05, 0) is 46.3 Å². The van der Waals surface area contributed by atoms with Crippen molar-refractivity contribution in [1.29, 1.82) is 0 Å². The van der Waals surface area contributed by atoms with Gasteiger partial charge in [0.15, 0.2) is 0 Å². The first-order valence-electron chi connectivity index (χ1n) is 9.97. The van der Waals surface area contributed by atoms with Gasteiger partial charge in [0.2, 0.25) is 0 Å². The number of benzene rings is 3. The van der Waals surface area contributed by atoms with Crippen LogP contribution in [-0.2, 0) is 0 Å². The SMILES string of the molecule is CCC1=C(CC)C(c2ccccc2)C(c2ccccc2)=C1c1ccccc1. The van der Waals surface area contributed by atoms with E-state index in [1.54, 1.807) is 5.57 Å². The molecule has 0 saturated heterocycles. The summed E-state index contributed by atoms with van der Waals surface area (Å²) in [5, 5.41) is 0. The zero-order valence-electron chi connectivity index (χ0n) is 16.2. The number of allylic oxidation sites excluding steroid dienone is 4. The van der Waals surface area contributed by atoms with Gasteiger partial charge in [-0.3, -0.25) is 0 Å². The van der Waals surface area contributed by atoms with Crippen LogP contribution in [0.5, 0.6) is 0 Å². The third-order valence-electron chi connectivity index (χ3n) is 5.61. The lowest BCUT2D eigenvalue weighted by molar-refractivity contribution is 0.913. The first-order valence-corrected chi connectivity index (χ1v) is 9.97. The highest BCUT2D eigenvalue weighted by atomic mass is 14.4. The molecule has 0 spiro atoms. The van der Waals surface area contributed by atoms with Crippen molar-refractivity contribution in [2.45, 2.75) is 32.6 Å². The molecule has 0 amide bonds. The Labute approximate surface area is 162 Å². The van der Waals surface area contributed by atoms with Gasteiger partial charge in [0, 0.05) is 5.92 Å². The third-order valence-corrected chi connectivity index (χ3v) is 5.61. The first-order chi connectivity index (χ1) is 13.3. The summed E-state index contributed by atoms with van der Waals surface area (Å²) in [6.45, 7) is 4.60. The molecule has 0 saturated carbocycles. The highest BCUT2D eigenvalue weighted by molar-refractivity contribution is 6.05. The Bertz CT molecular complexity index is 960. The molecule has 3 aromatic rings. The molecule has 0 fully saturated rings. The van der Waals surface area contributed by atoms with E-state index in [1.165, 1.54) is 33.4 Å². The largest absolute Gasteiger partial charge is 0.0622 e. The smallest absolute Gasteiger partial charge is 0.0317 e. The van der Waals surface area contributed by atoms with Crippen LogP contribution in [0.25, 0.3) is 11.1 Å². The summed E-state index contributed by atoms with van der Waals surface area (Å²) in [5.74, 6) is 0.337. The van der Waals surface area contributed by atoms with Crippen LogP contribution in [0, 0.1) is 0 Å². The molecule has 0 bridgehead atoms. The van der Waals surface area contributed by atoms with Crippen LogP contribution in [0.4, 0.5) is 0 Å². The van der Waals surface area contributed by atoms with Crippen molar-refractivity contribution >= 4 is 11.1 Å². The molecule has 0 nitrogen and oxygen atoms in total. The number of hydrogen-bond acceptors (Lipinski definition) is 0. The van der Waals surface area contributed by atoms with Gasteiger partial charge in [-0.1, -0.05) is 110 Å². The Kier molecular flexibility index (Phi) is 5.07. The first kappa shape index (κ1) is 17.5. The van der Waals surface area contributed by atoms with Crippen LogP contribution < -0.4 is 0 Å². The fraction of sp³-hybridized carbons (Fsp3) is 0.185. The third kappa shape index (κ3) is 3.17. The molecule has 0 heterocycles. The summed E-state index contributed by atoms with van der Waals surface area (Å²) in [4.78, 5) is 0. The second kappa shape index (κ2) is 7.80. The number of hydrogen-bond donors (Lipinski definition) is 0. The van der Waals surface area contributed by atoms with Gasteiger partial charge in [0.05, 0.1) is 0 Å². The lowest BCUT2D eigenvalue weighted by Crippen LogP contribution is -2.03. The second-order valence-electron chi connectivity index (χ2n) is 7.08. The molecule has 0 aliphatic heterocycles. The predicted octanol–water partition coefficient (Wildman–Crippen LogP) is 7.51. The van der Waals surface area contributed by atoms with Gasteiger partial charge in [-0.2, -0.15) is 0 Å². The summed E-state index contributed by atoms with van der Waals surface area (Å²) in [6, 6.07) is 32.9. The van der Waals surface area contributed by atoms with E-state index < -0.39 is 0 Å². The fourth-order valence-corrected chi connectivity index (χ4v) is 4.51. The molecule has 0 radical (unpaired) electrons. The summed E-state index contributed by atoms with van der Waals surface area (Å²) in [7, 11) is 0. The van der Waals surface area contributed by atoms with Crippen molar-refractivity contribution in [3.63, 3.8) is 0 Å². The molecule has 1 aliphatic rings. The van der Waals surface area contributed by atoms with Gasteiger partial charge in [0.25, 0.3) is 0 Å². The molecule has 0 heteroatoms. The van der Waals surface area contributed by atoms with E-state index in [0.717, 1.165) is 12.8 Å². The quantitative estimate of drug-likeness (QED) is 0.446. The monoisotopic (exact) mass is 350 g/mol. The summed E-state index contributed by atoms with van der Waals surface area (Å²) < 4.78 is 0. The molecular weight excluding hydrogens is 324 g/mol. The summed E-state index contributed by atoms with van der Waals surface area (Å²) >= 11 is 0. The fourth-order valence-electron chi connectivity index (χ4n) is 4.51. The average Bonchev–Trinajstić information content (AvgIpc) is 3.10. The van der Waals surface area contributed by atoms with E-state index in [1.807, 2.05) is 0 Å². The van der Waals surface area contributed by atoms with Gasteiger partial charge < -0.3 is 0 Å². The van der Waals surface area contributed by atoms with Crippen molar-refractivity contribution in [2.75, 3.05) is 0 Å². The van der Waals surface area contributed by atoms with E-state index in [-0.39, 0.29) is 0 Å². The Balaban J connectivity index is 2.04. The normalized spacial score (nSPS) is 16.9. The van der Waals surface area contributed by atoms with Crippen molar-refractivity contribution in [1.82, 2.24) is 0 Å². The van der Waals surface area contributed by atoms with Gasteiger partial charge in [0.1, 0.15) is 0 Å². The van der Waals surface area contributed by atoms with Crippen LogP contribution in [-0.4, -0.2) is 0 Å². The van der Waals surface area contributed by atoms with Crippen LogP contribution in [0.2, 0.25) is 0 Å². The lowest BCUT2D eigenvalue weighted by Gasteiger charge is -2.21. The summed E-state index contributed by atoms with van der Waals surface area (Å²) in [6.07, 6.45) is 2.14. The maximum atomic E-state index is 2.30. The Hall–Kier alpha value is -2.86. The second-order valence-corrected chi connectivity index (χ2v) is 7.08. The van der Waals surface area contributed by atoms with Crippen LogP contribution in [0.15, 0.2) is 102 Å². The van der Waals surface area contributed by atoms with Crippen molar-refractivity contribution in [2.24, 2.45) is 0 Å². The minimum absolute atomic E-state index is 0.337. The van der Waals surface area contributed by atoms with E-state index in [4.69, 9.17) is 0 Å². The van der Waals surface area contributed by atoms with Gasteiger partial charge in [-0.15, -0.1) is 0 Å².